The average molecular weight is 216 g/mol. The zero-order valence-corrected chi connectivity index (χ0v) is 8.45. The Morgan fingerprint density at radius 2 is 1.93 bits per heavy atom. The van der Waals surface area contributed by atoms with Crippen LogP contribution in [-0.2, 0) is 9.84 Å². The van der Waals surface area contributed by atoms with Gasteiger partial charge in [-0.05, 0) is 25.1 Å². The van der Waals surface area contributed by atoms with Gasteiger partial charge in [0, 0.05) is 5.69 Å². The Balaban J connectivity index is 3.35. The molecule has 0 aliphatic heterocycles. The third-order valence-electron chi connectivity index (χ3n) is 1.79. The molecule has 0 heterocycles. The highest BCUT2D eigenvalue weighted by Gasteiger charge is 2.23. The molecule has 1 atom stereocenters. The van der Waals surface area contributed by atoms with Gasteiger partial charge in [0.05, 0.1) is 10.6 Å². The summed E-state index contributed by atoms with van der Waals surface area (Å²) in [6, 6.07) is 4.05. The first-order valence-corrected chi connectivity index (χ1v) is 5.47. The molecule has 1 rings (SSSR count). The summed E-state index contributed by atoms with van der Waals surface area (Å²) < 4.78 is 23.0. The van der Waals surface area contributed by atoms with Gasteiger partial charge in [-0.25, -0.2) is 8.42 Å². The molecule has 14 heavy (non-hydrogen) atoms. The Morgan fingerprint density at radius 1 is 1.36 bits per heavy atom. The number of sulfone groups is 1. The maximum atomic E-state index is 11.5. The molecule has 0 amide bonds. The Kier molecular flexibility index (Phi) is 2.68. The predicted molar refractivity (Wildman–Crippen MR) is 54.1 cm³/mol. The number of nitrogens with two attached hydrogens (primary N) is 2. The van der Waals surface area contributed by atoms with Crippen molar-refractivity contribution >= 4 is 21.2 Å². The fraction of sp³-hybridized carbons (Fsp3) is 0.250. The summed E-state index contributed by atoms with van der Waals surface area (Å²) in [5.74, 6) is 0. The van der Waals surface area contributed by atoms with Crippen molar-refractivity contribution in [3.05, 3.63) is 18.2 Å². The molecule has 0 radical (unpaired) electrons. The van der Waals surface area contributed by atoms with Gasteiger partial charge in [-0.15, -0.1) is 0 Å². The zero-order chi connectivity index (χ0) is 10.9. The molecule has 0 aliphatic carbocycles. The second-order valence-electron chi connectivity index (χ2n) is 2.94. The van der Waals surface area contributed by atoms with E-state index >= 15 is 0 Å². The van der Waals surface area contributed by atoms with Crippen LogP contribution in [0.5, 0.6) is 0 Å². The minimum atomic E-state index is -3.75. The van der Waals surface area contributed by atoms with Gasteiger partial charge in [0.25, 0.3) is 0 Å². The Morgan fingerprint density at radius 3 is 2.36 bits per heavy atom. The van der Waals surface area contributed by atoms with Crippen molar-refractivity contribution in [2.75, 3.05) is 11.5 Å². The summed E-state index contributed by atoms with van der Waals surface area (Å²) in [6.07, 6.45) is 0. The van der Waals surface area contributed by atoms with Gasteiger partial charge in [0.1, 0.15) is 0 Å². The van der Waals surface area contributed by atoms with Gasteiger partial charge in [-0.3, -0.25) is 0 Å². The first-order chi connectivity index (χ1) is 6.35. The van der Waals surface area contributed by atoms with Crippen LogP contribution in [0.1, 0.15) is 6.92 Å². The van der Waals surface area contributed by atoms with Crippen LogP contribution in [0.4, 0.5) is 11.4 Å². The Hall–Kier alpha value is -1.27. The van der Waals surface area contributed by atoms with E-state index < -0.39 is 15.3 Å². The standard InChI is InChI=1S/C8H12N2O3S/c1-5(11)14(12,13)8-3-2-6(9)4-7(8)10/h2-5,11H,9-10H2,1H3. The summed E-state index contributed by atoms with van der Waals surface area (Å²) in [5, 5.41) is 9.05. The zero-order valence-electron chi connectivity index (χ0n) is 7.64. The van der Waals surface area contributed by atoms with Crippen LogP contribution in [0.3, 0.4) is 0 Å². The van der Waals surface area contributed by atoms with Crippen LogP contribution < -0.4 is 11.5 Å². The highest BCUT2D eigenvalue weighted by atomic mass is 32.2. The quantitative estimate of drug-likeness (QED) is 0.601. The molecule has 0 aromatic heterocycles. The molecule has 1 unspecified atom stereocenters. The third kappa shape index (κ3) is 1.80. The lowest BCUT2D eigenvalue weighted by Gasteiger charge is -2.09. The van der Waals surface area contributed by atoms with Crippen molar-refractivity contribution in [2.45, 2.75) is 17.3 Å². The molecular formula is C8H12N2O3S. The maximum absolute atomic E-state index is 11.5. The van der Waals surface area contributed by atoms with E-state index in [4.69, 9.17) is 16.6 Å². The van der Waals surface area contributed by atoms with Crippen molar-refractivity contribution in [1.29, 1.82) is 0 Å². The number of aliphatic hydroxyl groups excluding tert-OH is 1. The van der Waals surface area contributed by atoms with Crippen LogP contribution >= 0.6 is 0 Å². The summed E-state index contributed by atoms with van der Waals surface area (Å²) in [6.45, 7) is 1.17. The van der Waals surface area contributed by atoms with Crippen molar-refractivity contribution in [1.82, 2.24) is 0 Å². The normalized spacial score (nSPS) is 13.9. The lowest BCUT2D eigenvalue weighted by Crippen LogP contribution is -2.18. The van der Waals surface area contributed by atoms with E-state index in [0.717, 1.165) is 0 Å². The maximum Gasteiger partial charge on any atom is 0.206 e. The van der Waals surface area contributed by atoms with Gasteiger partial charge in [0.15, 0.2) is 5.44 Å². The minimum Gasteiger partial charge on any atom is -0.399 e. The van der Waals surface area contributed by atoms with Crippen molar-refractivity contribution in [3.63, 3.8) is 0 Å². The first kappa shape index (κ1) is 10.8. The molecule has 5 nitrogen and oxygen atoms in total. The van der Waals surface area contributed by atoms with E-state index in [9.17, 15) is 8.42 Å². The number of nitrogen functional groups attached to an aromatic ring is 2. The SMILES string of the molecule is CC(O)S(=O)(=O)c1ccc(N)cc1N. The summed E-state index contributed by atoms with van der Waals surface area (Å²) in [5.41, 5.74) is 9.83. The van der Waals surface area contributed by atoms with Gasteiger partial charge in [0.2, 0.25) is 9.84 Å². The molecular weight excluding hydrogens is 204 g/mol. The molecule has 1 aromatic rings. The lowest BCUT2D eigenvalue weighted by molar-refractivity contribution is 0.268. The fourth-order valence-corrected chi connectivity index (χ4v) is 2.02. The molecule has 0 fully saturated rings. The fourth-order valence-electron chi connectivity index (χ4n) is 1.01. The second-order valence-corrected chi connectivity index (χ2v) is 5.15. The van der Waals surface area contributed by atoms with E-state index in [-0.39, 0.29) is 10.6 Å². The van der Waals surface area contributed by atoms with Gasteiger partial charge < -0.3 is 16.6 Å². The van der Waals surface area contributed by atoms with Gasteiger partial charge in [-0.1, -0.05) is 0 Å². The molecule has 1 aromatic carbocycles. The van der Waals surface area contributed by atoms with Gasteiger partial charge >= 0.3 is 0 Å². The van der Waals surface area contributed by atoms with Crippen molar-refractivity contribution in [2.24, 2.45) is 0 Å². The third-order valence-corrected chi connectivity index (χ3v) is 3.67. The molecule has 6 heteroatoms. The number of rotatable bonds is 2. The molecule has 0 saturated carbocycles. The second kappa shape index (κ2) is 3.47. The van der Waals surface area contributed by atoms with E-state index in [0.29, 0.717) is 5.69 Å². The Labute approximate surface area is 82.3 Å². The Bertz CT molecular complexity index is 440. The van der Waals surface area contributed by atoms with Crippen LogP contribution in [0, 0.1) is 0 Å². The van der Waals surface area contributed by atoms with Crippen LogP contribution in [0.15, 0.2) is 23.1 Å². The number of hydrogen-bond donors (Lipinski definition) is 3. The average Bonchev–Trinajstić information content (AvgIpc) is 2.02. The number of hydrogen-bond acceptors (Lipinski definition) is 5. The summed E-state index contributed by atoms with van der Waals surface area (Å²) >= 11 is 0. The minimum absolute atomic E-state index is 0.0471. The molecule has 0 bridgehead atoms. The van der Waals surface area contributed by atoms with Crippen molar-refractivity contribution in [3.8, 4) is 0 Å². The van der Waals surface area contributed by atoms with Crippen LogP contribution in [-0.4, -0.2) is 19.0 Å². The smallest absolute Gasteiger partial charge is 0.206 e. The monoisotopic (exact) mass is 216 g/mol. The summed E-state index contributed by atoms with van der Waals surface area (Å²) in [4.78, 5) is -0.0956. The van der Waals surface area contributed by atoms with Gasteiger partial charge in [-0.2, -0.15) is 0 Å². The highest BCUT2D eigenvalue weighted by Crippen LogP contribution is 2.23. The highest BCUT2D eigenvalue weighted by molar-refractivity contribution is 7.92. The van der Waals surface area contributed by atoms with Crippen LogP contribution in [0.2, 0.25) is 0 Å². The summed E-state index contributed by atoms with van der Waals surface area (Å²) in [7, 11) is -3.75. The molecule has 78 valence electrons. The van der Waals surface area contributed by atoms with E-state index in [1.807, 2.05) is 0 Å². The number of anilines is 2. The van der Waals surface area contributed by atoms with Crippen molar-refractivity contribution < 1.29 is 13.5 Å². The van der Waals surface area contributed by atoms with Crippen LogP contribution in [0.25, 0.3) is 0 Å². The number of aliphatic hydroxyl groups is 1. The number of benzene rings is 1. The molecule has 0 saturated heterocycles. The molecule has 0 spiro atoms. The molecule has 0 aliphatic rings. The largest absolute Gasteiger partial charge is 0.399 e. The van der Waals surface area contributed by atoms with E-state index in [1.165, 1.54) is 25.1 Å². The van der Waals surface area contributed by atoms with E-state index in [1.54, 1.807) is 0 Å². The molecule has 5 N–H and O–H groups in total. The topological polar surface area (TPSA) is 106 Å². The first-order valence-electron chi connectivity index (χ1n) is 3.92. The lowest BCUT2D eigenvalue weighted by atomic mass is 10.3. The van der Waals surface area contributed by atoms with E-state index in [2.05, 4.69) is 0 Å². The predicted octanol–water partition coefficient (Wildman–Crippen LogP) is -0.0370.